The fourth-order valence-corrected chi connectivity index (χ4v) is 1.50. The van der Waals surface area contributed by atoms with Crippen molar-refractivity contribution < 1.29 is 14.3 Å². The number of cyclic esters (lactones) is 1. The summed E-state index contributed by atoms with van der Waals surface area (Å²) in [6.45, 7) is 4.98. The molecule has 1 saturated heterocycles. The van der Waals surface area contributed by atoms with Crippen molar-refractivity contribution in [2.75, 3.05) is 4.90 Å². The molecule has 5 nitrogen and oxygen atoms in total. The molecular formula is C11H12N2O3. The highest BCUT2D eigenvalue weighted by atomic mass is 16.6. The summed E-state index contributed by atoms with van der Waals surface area (Å²) in [7, 11) is 0. The first kappa shape index (κ1) is 10.6. The normalized spacial score (nSPS) is 18.8. The summed E-state index contributed by atoms with van der Waals surface area (Å²) in [6.07, 6.45) is 0.879. The van der Waals surface area contributed by atoms with E-state index in [1.165, 1.54) is 0 Å². The molecule has 0 saturated carbocycles. The molecule has 0 atom stereocenters. The molecule has 0 N–H and O–H groups in total. The molecule has 1 aliphatic heterocycles. The summed E-state index contributed by atoms with van der Waals surface area (Å²) in [5, 5.41) is 0. The Morgan fingerprint density at radius 3 is 2.56 bits per heavy atom. The number of ether oxygens (including phenoxy) is 1. The van der Waals surface area contributed by atoms with E-state index in [0.29, 0.717) is 5.82 Å². The zero-order valence-corrected chi connectivity index (χ0v) is 9.35. The minimum absolute atomic E-state index is 0.306. The van der Waals surface area contributed by atoms with Crippen molar-refractivity contribution in [1.82, 2.24) is 4.98 Å². The first-order valence-corrected chi connectivity index (χ1v) is 4.92. The van der Waals surface area contributed by atoms with E-state index >= 15 is 0 Å². The van der Waals surface area contributed by atoms with Crippen LogP contribution in [0.15, 0.2) is 18.3 Å². The second-order valence-electron chi connectivity index (χ2n) is 4.21. The van der Waals surface area contributed by atoms with Crippen LogP contribution in [0.4, 0.5) is 10.6 Å². The molecule has 2 heterocycles. The molecule has 0 aromatic carbocycles. The number of aromatic nitrogens is 1. The Labute approximate surface area is 93.0 Å². The van der Waals surface area contributed by atoms with E-state index in [2.05, 4.69) is 4.98 Å². The first-order valence-electron chi connectivity index (χ1n) is 4.92. The molecule has 0 radical (unpaired) electrons. The van der Waals surface area contributed by atoms with Crippen molar-refractivity contribution in [1.29, 1.82) is 0 Å². The number of pyridine rings is 1. The van der Waals surface area contributed by atoms with Crippen molar-refractivity contribution in [2.45, 2.75) is 26.4 Å². The molecule has 1 fully saturated rings. The lowest BCUT2D eigenvalue weighted by Crippen LogP contribution is -2.36. The topological polar surface area (TPSA) is 59.5 Å². The number of rotatable bonds is 1. The Kier molecular flexibility index (Phi) is 2.18. The fraction of sp³-hybridized carbons (Fsp3) is 0.364. The third kappa shape index (κ3) is 1.54. The van der Waals surface area contributed by atoms with Gasteiger partial charge in [-0.25, -0.2) is 9.78 Å². The SMILES string of the molecule is Cc1ccnc(N2C(=O)OC(C)(C)C2=O)c1. The molecule has 0 aliphatic carbocycles. The minimum Gasteiger partial charge on any atom is -0.433 e. The van der Waals surface area contributed by atoms with E-state index in [1.807, 2.05) is 6.92 Å². The second-order valence-corrected chi connectivity index (χ2v) is 4.21. The number of hydrogen-bond donors (Lipinski definition) is 0. The van der Waals surface area contributed by atoms with E-state index < -0.39 is 17.6 Å². The molecule has 5 heteroatoms. The van der Waals surface area contributed by atoms with Crippen LogP contribution >= 0.6 is 0 Å². The Morgan fingerprint density at radius 1 is 1.38 bits per heavy atom. The van der Waals surface area contributed by atoms with E-state index in [9.17, 15) is 9.59 Å². The lowest BCUT2D eigenvalue weighted by atomic mass is 10.1. The zero-order chi connectivity index (χ0) is 11.9. The summed E-state index contributed by atoms with van der Waals surface area (Å²) >= 11 is 0. The van der Waals surface area contributed by atoms with Crippen LogP contribution in [0, 0.1) is 6.92 Å². The molecule has 0 unspecified atom stereocenters. The van der Waals surface area contributed by atoms with Crippen molar-refractivity contribution in [3.05, 3.63) is 23.9 Å². The van der Waals surface area contributed by atoms with Gasteiger partial charge in [0.1, 0.15) is 5.82 Å². The summed E-state index contributed by atoms with van der Waals surface area (Å²) in [5.41, 5.74) is -0.182. The molecule has 1 aromatic rings. The first-order chi connectivity index (χ1) is 7.42. The Morgan fingerprint density at radius 2 is 2.06 bits per heavy atom. The van der Waals surface area contributed by atoms with Crippen LogP contribution in [0.25, 0.3) is 0 Å². The van der Waals surface area contributed by atoms with Crippen molar-refractivity contribution >= 4 is 17.8 Å². The van der Waals surface area contributed by atoms with Gasteiger partial charge in [0, 0.05) is 6.20 Å². The van der Waals surface area contributed by atoms with Crippen LogP contribution in [0.2, 0.25) is 0 Å². The van der Waals surface area contributed by atoms with Gasteiger partial charge in [-0.2, -0.15) is 4.90 Å². The predicted molar refractivity (Wildman–Crippen MR) is 57.0 cm³/mol. The third-order valence-electron chi connectivity index (χ3n) is 2.37. The van der Waals surface area contributed by atoms with Crippen LogP contribution in [0.1, 0.15) is 19.4 Å². The van der Waals surface area contributed by atoms with Gasteiger partial charge in [0.2, 0.25) is 0 Å². The molecule has 1 aromatic heterocycles. The van der Waals surface area contributed by atoms with Crippen molar-refractivity contribution in [3.63, 3.8) is 0 Å². The quantitative estimate of drug-likeness (QED) is 0.722. The van der Waals surface area contributed by atoms with Crippen molar-refractivity contribution in [3.8, 4) is 0 Å². The van der Waals surface area contributed by atoms with Gasteiger partial charge >= 0.3 is 6.09 Å². The Bertz CT molecular complexity index is 468. The molecule has 2 rings (SSSR count). The number of anilines is 1. The van der Waals surface area contributed by atoms with Crippen molar-refractivity contribution in [2.24, 2.45) is 0 Å². The van der Waals surface area contributed by atoms with E-state index in [0.717, 1.165) is 10.5 Å². The number of imide groups is 1. The van der Waals surface area contributed by atoms with Crippen LogP contribution in [0.5, 0.6) is 0 Å². The van der Waals surface area contributed by atoms with E-state index in [4.69, 9.17) is 4.74 Å². The lowest BCUT2D eigenvalue weighted by Gasteiger charge is -2.13. The van der Waals surface area contributed by atoms with Gasteiger partial charge in [-0.3, -0.25) is 4.79 Å². The van der Waals surface area contributed by atoms with Gasteiger partial charge in [-0.15, -0.1) is 0 Å². The maximum absolute atomic E-state index is 11.9. The lowest BCUT2D eigenvalue weighted by molar-refractivity contribution is -0.127. The van der Waals surface area contributed by atoms with Gasteiger partial charge in [0.25, 0.3) is 5.91 Å². The van der Waals surface area contributed by atoms with Crippen LogP contribution in [-0.4, -0.2) is 22.6 Å². The van der Waals surface area contributed by atoms with Gasteiger partial charge < -0.3 is 4.74 Å². The molecule has 0 spiro atoms. The van der Waals surface area contributed by atoms with Crippen LogP contribution in [0.3, 0.4) is 0 Å². The van der Waals surface area contributed by atoms with Crippen LogP contribution in [-0.2, 0) is 9.53 Å². The Balaban J connectivity index is 2.43. The number of nitrogens with zero attached hydrogens (tertiary/aromatic N) is 2. The van der Waals surface area contributed by atoms with Crippen LogP contribution < -0.4 is 4.90 Å². The molecular weight excluding hydrogens is 208 g/mol. The van der Waals surface area contributed by atoms with E-state index in [1.54, 1.807) is 32.2 Å². The highest BCUT2D eigenvalue weighted by Gasteiger charge is 2.48. The zero-order valence-electron chi connectivity index (χ0n) is 9.35. The maximum atomic E-state index is 11.9. The van der Waals surface area contributed by atoms with Gasteiger partial charge in [-0.1, -0.05) is 0 Å². The molecule has 16 heavy (non-hydrogen) atoms. The summed E-state index contributed by atoms with van der Waals surface area (Å²) in [4.78, 5) is 28.4. The molecule has 84 valence electrons. The number of carbonyl (C=O) groups excluding carboxylic acids is 2. The molecule has 1 aliphatic rings. The van der Waals surface area contributed by atoms with Gasteiger partial charge in [0.05, 0.1) is 0 Å². The number of carbonyl (C=O) groups is 2. The highest BCUT2D eigenvalue weighted by Crippen LogP contribution is 2.27. The number of aryl methyl sites for hydroxylation is 1. The van der Waals surface area contributed by atoms with E-state index in [-0.39, 0.29) is 0 Å². The summed E-state index contributed by atoms with van der Waals surface area (Å²) in [6, 6.07) is 3.46. The van der Waals surface area contributed by atoms with Gasteiger partial charge in [-0.05, 0) is 38.5 Å². The molecule has 2 amide bonds. The highest BCUT2D eigenvalue weighted by molar-refractivity contribution is 6.19. The standard InChI is InChI=1S/C11H12N2O3/c1-7-4-5-12-8(6-7)13-9(14)11(2,3)16-10(13)15/h4-6H,1-3H3. The summed E-state index contributed by atoms with van der Waals surface area (Å²) in [5.74, 6) is -0.0869. The average Bonchev–Trinajstić information content (AvgIpc) is 2.36. The fourth-order valence-electron chi connectivity index (χ4n) is 1.50. The third-order valence-corrected chi connectivity index (χ3v) is 2.37. The minimum atomic E-state index is -1.11. The second kappa shape index (κ2) is 3.30. The smallest absolute Gasteiger partial charge is 0.423 e. The van der Waals surface area contributed by atoms with Gasteiger partial charge in [0.15, 0.2) is 5.60 Å². The average molecular weight is 220 g/mol. The largest absolute Gasteiger partial charge is 0.433 e. The predicted octanol–water partition coefficient (Wildman–Crippen LogP) is 1.65. The maximum Gasteiger partial charge on any atom is 0.423 e. The number of amides is 2. The molecule has 0 bridgehead atoms. The Hall–Kier alpha value is -1.91. The monoisotopic (exact) mass is 220 g/mol. The number of hydrogen-bond acceptors (Lipinski definition) is 4. The summed E-state index contributed by atoms with van der Waals surface area (Å²) < 4.78 is 4.97.